The molecule has 0 fully saturated rings. The first-order chi connectivity index (χ1) is 5.58. The molecule has 0 spiro atoms. The largest absolute Gasteiger partial charge is 1.00 e. The second-order valence-electron chi connectivity index (χ2n) is 2.27. The van der Waals surface area contributed by atoms with Crippen LogP contribution in [-0.4, -0.2) is 0 Å². The Morgan fingerprint density at radius 3 is 2.00 bits per heavy atom. The van der Waals surface area contributed by atoms with Crippen molar-refractivity contribution >= 4 is 13.7 Å². The molecule has 0 heterocycles. The van der Waals surface area contributed by atoms with Crippen molar-refractivity contribution < 1.29 is 73.5 Å². The van der Waals surface area contributed by atoms with E-state index in [1.807, 2.05) is 6.07 Å². The van der Waals surface area contributed by atoms with E-state index < -0.39 is 7.60 Å². The minimum Gasteiger partial charge on any atom is -0.808 e. The molecule has 1 rings (SSSR count). The molecule has 0 saturated heterocycles. The fourth-order valence-electron chi connectivity index (χ4n) is 0.742. The molecule has 0 aromatic heterocycles. The van der Waals surface area contributed by atoms with Crippen LogP contribution < -0.4 is 68.9 Å². The number of rotatable bonds is 2. The van der Waals surface area contributed by atoms with Crippen molar-refractivity contribution in [2.75, 3.05) is 0 Å². The Labute approximate surface area is 127 Å². The normalized spacial score (nSPS) is 10.4. The minimum absolute atomic E-state index is 0. The second kappa shape index (κ2) is 8.28. The molecule has 0 aliphatic rings. The molecule has 1 aromatic carbocycles. The molecule has 0 saturated carbocycles. The summed E-state index contributed by atoms with van der Waals surface area (Å²) in [6, 6.07) is 8.77. The molecular formula is C8H7Na2O3P. The summed E-state index contributed by atoms with van der Waals surface area (Å²) >= 11 is 0. The Morgan fingerprint density at radius 2 is 1.57 bits per heavy atom. The molecule has 3 nitrogen and oxygen atoms in total. The monoisotopic (exact) mass is 228 g/mol. The first-order valence-electron chi connectivity index (χ1n) is 3.34. The smallest absolute Gasteiger partial charge is 0.808 e. The maximum absolute atomic E-state index is 10.2. The third-order valence-corrected chi connectivity index (χ3v) is 1.76. The van der Waals surface area contributed by atoms with Gasteiger partial charge in [-0.2, -0.15) is 0 Å². The minimum atomic E-state index is -4.51. The first-order valence-corrected chi connectivity index (χ1v) is 4.95. The van der Waals surface area contributed by atoms with Crippen molar-refractivity contribution in [1.82, 2.24) is 0 Å². The van der Waals surface area contributed by atoms with E-state index in [1.165, 1.54) is 6.08 Å². The van der Waals surface area contributed by atoms with Gasteiger partial charge in [0.25, 0.3) is 0 Å². The van der Waals surface area contributed by atoms with Gasteiger partial charge in [0.05, 0.1) is 0 Å². The summed E-state index contributed by atoms with van der Waals surface area (Å²) in [6.07, 6.45) is 1.28. The van der Waals surface area contributed by atoms with Gasteiger partial charge in [0.2, 0.25) is 0 Å². The van der Waals surface area contributed by atoms with Gasteiger partial charge in [-0.1, -0.05) is 42.2 Å². The maximum atomic E-state index is 10.2. The van der Waals surface area contributed by atoms with Crippen LogP contribution in [0.1, 0.15) is 5.56 Å². The molecule has 6 heteroatoms. The summed E-state index contributed by atoms with van der Waals surface area (Å²) in [5, 5.41) is 0. The van der Waals surface area contributed by atoms with Crippen LogP contribution in [0.25, 0.3) is 6.08 Å². The van der Waals surface area contributed by atoms with Crippen molar-refractivity contribution in [2.45, 2.75) is 0 Å². The van der Waals surface area contributed by atoms with E-state index in [2.05, 4.69) is 0 Å². The average molecular weight is 228 g/mol. The topological polar surface area (TPSA) is 63.2 Å². The molecular weight excluding hydrogens is 221 g/mol. The third kappa shape index (κ3) is 8.42. The third-order valence-electron chi connectivity index (χ3n) is 1.25. The fraction of sp³-hybridized carbons (Fsp3) is 0. The quantitative estimate of drug-likeness (QED) is 0.375. The molecule has 0 atom stereocenters. The molecule has 1 aromatic rings. The summed E-state index contributed by atoms with van der Waals surface area (Å²) in [6.45, 7) is 0. The van der Waals surface area contributed by atoms with Crippen molar-refractivity contribution in [1.29, 1.82) is 0 Å². The standard InChI is InChI=1S/C8H9O3P.2Na/c9-12(10,11)7-6-8-4-2-1-3-5-8;;/h1-7H,(H2,9,10,11);;/q;2*+1/p-2. The zero-order chi connectivity index (χ0) is 9.03. The van der Waals surface area contributed by atoms with Gasteiger partial charge in [-0.05, 0) is 13.2 Å². The fourth-order valence-corrected chi connectivity index (χ4v) is 1.10. The molecule has 0 aliphatic heterocycles. The van der Waals surface area contributed by atoms with E-state index in [-0.39, 0.29) is 59.1 Å². The van der Waals surface area contributed by atoms with Gasteiger partial charge in [-0.25, -0.2) is 0 Å². The van der Waals surface area contributed by atoms with Gasteiger partial charge in [-0.3, -0.25) is 0 Å². The van der Waals surface area contributed by atoms with Crippen LogP contribution in [0, 0.1) is 0 Å². The molecule has 14 heavy (non-hydrogen) atoms. The predicted octanol–water partition coefficient (Wildman–Crippen LogP) is -5.42. The number of hydrogen-bond acceptors (Lipinski definition) is 3. The predicted molar refractivity (Wildman–Crippen MR) is 43.1 cm³/mol. The summed E-state index contributed by atoms with van der Waals surface area (Å²) in [4.78, 5) is 20.4. The SMILES string of the molecule is O=P([O-])([O-])C=Cc1ccccc1.[Na+].[Na+]. The molecule has 64 valence electrons. The van der Waals surface area contributed by atoms with Crippen LogP contribution in [0.15, 0.2) is 36.1 Å². The van der Waals surface area contributed by atoms with Gasteiger partial charge in [0, 0.05) is 0 Å². The van der Waals surface area contributed by atoms with Crippen molar-refractivity contribution in [3.8, 4) is 0 Å². The van der Waals surface area contributed by atoms with E-state index in [1.54, 1.807) is 24.3 Å². The van der Waals surface area contributed by atoms with Crippen molar-refractivity contribution in [3.05, 3.63) is 41.7 Å². The Kier molecular flexibility index (Phi) is 10.4. The van der Waals surface area contributed by atoms with Crippen LogP contribution in [-0.2, 0) is 4.57 Å². The van der Waals surface area contributed by atoms with E-state index in [0.717, 1.165) is 0 Å². The van der Waals surface area contributed by atoms with Gasteiger partial charge >= 0.3 is 59.1 Å². The van der Waals surface area contributed by atoms with Gasteiger partial charge in [-0.15, -0.1) is 0 Å². The van der Waals surface area contributed by atoms with Crippen molar-refractivity contribution in [2.24, 2.45) is 0 Å². The van der Waals surface area contributed by atoms with Crippen molar-refractivity contribution in [3.63, 3.8) is 0 Å². The van der Waals surface area contributed by atoms with Crippen LogP contribution in [0.5, 0.6) is 0 Å². The van der Waals surface area contributed by atoms with Crippen LogP contribution in [0.3, 0.4) is 0 Å². The van der Waals surface area contributed by atoms with E-state index in [9.17, 15) is 14.4 Å². The van der Waals surface area contributed by atoms with E-state index in [0.29, 0.717) is 11.4 Å². The summed E-state index contributed by atoms with van der Waals surface area (Å²) < 4.78 is 10.2. The zero-order valence-corrected chi connectivity index (χ0v) is 13.1. The van der Waals surface area contributed by atoms with Crippen LogP contribution >= 0.6 is 7.60 Å². The van der Waals surface area contributed by atoms with E-state index in [4.69, 9.17) is 0 Å². The second-order valence-corrected chi connectivity index (χ2v) is 3.64. The van der Waals surface area contributed by atoms with Gasteiger partial charge in [0.1, 0.15) is 0 Å². The molecule has 0 amide bonds. The molecule has 0 bridgehead atoms. The van der Waals surface area contributed by atoms with Gasteiger partial charge < -0.3 is 14.4 Å². The summed E-state index contributed by atoms with van der Waals surface area (Å²) in [7, 11) is -4.51. The van der Waals surface area contributed by atoms with E-state index >= 15 is 0 Å². The van der Waals surface area contributed by atoms with Gasteiger partial charge in [0.15, 0.2) is 0 Å². The van der Waals surface area contributed by atoms with Crippen LogP contribution in [0.4, 0.5) is 0 Å². The average Bonchev–Trinajstić information content (AvgIpc) is 2.02. The Balaban J connectivity index is 0. The Bertz CT molecular complexity index is 321. The molecule has 0 aliphatic carbocycles. The van der Waals surface area contributed by atoms with Crippen LogP contribution in [0.2, 0.25) is 0 Å². The number of benzene rings is 1. The summed E-state index contributed by atoms with van der Waals surface area (Å²) in [5.74, 6) is 0.669. The number of hydrogen-bond donors (Lipinski definition) is 0. The zero-order valence-electron chi connectivity index (χ0n) is 8.21. The first kappa shape index (κ1) is 17.5. The Hall–Kier alpha value is 1.11. The summed E-state index contributed by atoms with van der Waals surface area (Å²) in [5.41, 5.74) is 0.699. The Morgan fingerprint density at radius 1 is 1.07 bits per heavy atom. The molecule has 0 unspecified atom stereocenters. The molecule has 0 radical (unpaired) electrons. The maximum Gasteiger partial charge on any atom is 1.00 e. The molecule has 0 N–H and O–H groups in total.